The number of carbonyl (C=O) groups excluding carboxylic acids is 1. The van der Waals surface area contributed by atoms with Gasteiger partial charge in [-0.25, -0.2) is 17.5 Å². The summed E-state index contributed by atoms with van der Waals surface area (Å²) in [6.45, 7) is 5.02. The highest BCUT2D eigenvalue weighted by atomic mass is 32.2. The van der Waals surface area contributed by atoms with Crippen LogP contribution in [-0.2, 0) is 20.6 Å². The number of rotatable bonds is 6. The molecule has 0 aliphatic carbocycles. The predicted molar refractivity (Wildman–Crippen MR) is 91.2 cm³/mol. The second-order valence-corrected chi connectivity index (χ2v) is 8.36. The number of nitrogens with one attached hydrogen (secondary N) is 1. The lowest BCUT2D eigenvalue weighted by Crippen LogP contribution is -2.52. The molecule has 0 unspecified atom stereocenters. The first-order valence-corrected chi connectivity index (χ1v) is 9.97. The van der Waals surface area contributed by atoms with Crippen molar-refractivity contribution in [3.8, 4) is 0 Å². The maximum Gasteiger partial charge on any atom is 0.241 e. The van der Waals surface area contributed by atoms with E-state index in [2.05, 4.69) is 4.72 Å². The van der Waals surface area contributed by atoms with Crippen molar-refractivity contribution in [2.24, 2.45) is 5.92 Å². The number of likely N-dealkylation sites (tertiary alicyclic amines) is 1. The topological polar surface area (TPSA) is 66.5 Å². The fourth-order valence-electron chi connectivity index (χ4n) is 2.82. The first kappa shape index (κ1) is 18.9. The molecule has 0 bridgehead atoms. The van der Waals surface area contributed by atoms with Gasteiger partial charge in [0.05, 0.1) is 5.75 Å². The zero-order chi connectivity index (χ0) is 17.7. The molecule has 1 aliphatic heterocycles. The average Bonchev–Trinajstić information content (AvgIpc) is 2.54. The van der Waals surface area contributed by atoms with Crippen LogP contribution in [0, 0.1) is 11.7 Å². The van der Waals surface area contributed by atoms with Gasteiger partial charge in [-0.05, 0) is 42.9 Å². The summed E-state index contributed by atoms with van der Waals surface area (Å²) < 4.78 is 40.3. The molecule has 1 N–H and O–H groups in total. The molecule has 1 aliphatic rings. The van der Waals surface area contributed by atoms with E-state index < -0.39 is 21.9 Å². The third-order valence-corrected chi connectivity index (χ3v) is 5.50. The van der Waals surface area contributed by atoms with E-state index in [1.165, 1.54) is 24.3 Å². The minimum Gasteiger partial charge on any atom is -0.341 e. The monoisotopic (exact) mass is 356 g/mol. The van der Waals surface area contributed by atoms with Crippen molar-refractivity contribution in [2.45, 2.75) is 44.9 Å². The minimum atomic E-state index is -3.70. The molecule has 24 heavy (non-hydrogen) atoms. The van der Waals surface area contributed by atoms with Gasteiger partial charge >= 0.3 is 0 Å². The number of hydrogen-bond donors (Lipinski definition) is 1. The lowest BCUT2D eigenvalue weighted by atomic mass is 10.0. The summed E-state index contributed by atoms with van der Waals surface area (Å²) in [5, 5.41) is 0. The van der Waals surface area contributed by atoms with Crippen molar-refractivity contribution in [1.82, 2.24) is 9.62 Å². The van der Waals surface area contributed by atoms with E-state index in [4.69, 9.17) is 0 Å². The summed E-state index contributed by atoms with van der Waals surface area (Å²) in [4.78, 5) is 14.4. The number of piperidine rings is 1. The van der Waals surface area contributed by atoms with Gasteiger partial charge in [-0.15, -0.1) is 0 Å². The molecule has 0 saturated carbocycles. The Kier molecular flexibility index (Phi) is 6.34. The number of halogens is 1. The van der Waals surface area contributed by atoms with Crippen LogP contribution in [-0.4, -0.2) is 38.4 Å². The standard InChI is InChI=1S/C17H25FN2O3S/c1-13(2)16(17(21)20-10-4-3-5-11-20)19-24(22,23)12-14-6-8-15(18)9-7-14/h6-9,13,16,19H,3-5,10-12H2,1-2H3/t16-/m0/s1. The molecule has 1 amide bonds. The van der Waals surface area contributed by atoms with Crippen molar-refractivity contribution >= 4 is 15.9 Å². The van der Waals surface area contributed by atoms with Crippen molar-refractivity contribution < 1.29 is 17.6 Å². The van der Waals surface area contributed by atoms with E-state index in [-0.39, 0.29) is 17.6 Å². The average molecular weight is 356 g/mol. The zero-order valence-corrected chi connectivity index (χ0v) is 15.0. The summed E-state index contributed by atoms with van der Waals surface area (Å²) in [6.07, 6.45) is 3.02. The number of carbonyl (C=O) groups is 1. The molecule has 1 aromatic carbocycles. The molecule has 1 saturated heterocycles. The lowest BCUT2D eigenvalue weighted by Gasteiger charge is -2.32. The van der Waals surface area contributed by atoms with Crippen molar-refractivity contribution in [1.29, 1.82) is 0 Å². The Morgan fingerprint density at radius 1 is 1.17 bits per heavy atom. The molecule has 1 aromatic rings. The quantitative estimate of drug-likeness (QED) is 0.850. The summed E-state index contributed by atoms with van der Waals surface area (Å²) in [7, 11) is -3.70. The lowest BCUT2D eigenvalue weighted by molar-refractivity contribution is -0.134. The number of amides is 1. The van der Waals surface area contributed by atoms with Crippen LogP contribution in [0.25, 0.3) is 0 Å². The second kappa shape index (κ2) is 8.07. The van der Waals surface area contributed by atoms with E-state index >= 15 is 0 Å². The van der Waals surface area contributed by atoms with E-state index in [9.17, 15) is 17.6 Å². The molecule has 2 rings (SSSR count). The number of benzene rings is 1. The Bertz CT molecular complexity index is 653. The highest BCUT2D eigenvalue weighted by molar-refractivity contribution is 7.88. The van der Waals surface area contributed by atoms with Crippen LogP contribution in [0.2, 0.25) is 0 Å². The smallest absolute Gasteiger partial charge is 0.241 e. The fraction of sp³-hybridized carbons (Fsp3) is 0.588. The van der Waals surface area contributed by atoms with Crippen molar-refractivity contribution in [2.75, 3.05) is 13.1 Å². The SMILES string of the molecule is CC(C)[C@H](NS(=O)(=O)Cc1ccc(F)cc1)C(=O)N1CCCCC1. The number of hydrogen-bond acceptors (Lipinski definition) is 3. The van der Waals surface area contributed by atoms with E-state index in [1.807, 2.05) is 13.8 Å². The van der Waals surface area contributed by atoms with Crippen molar-refractivity contribution in [3.63, 3.8) is 0 Å². The van der Waals surface area contributed by atoms with Gasteiger partial charge in [0.15, 0.2) is 0 Å². The molecule has 1 fully saturated rings. The molecule has 5 nitrogen and oxygen atoms in total. The number of sulfonamides is 1. The zero-order valence-electron chi connectivity index (χ0n) is 14.2. The summed E-state index contributed by atoms with van der Waals surface area (Å²) in [5.41, 5.74) is 0.483. The Balaban J connectivity index is 2.07. The first-order valence-electron chi connectivity index (χ1n) is 8.32. The summed E-state index contributed by atoms with van der Waals surface area (Å²) >= 11 is 0. The van der Waals surface area contributed by atoms with Crippen LogP contribution >= 0.6 is 0 Å². The molecule has 0 aromatic heterocycles. The Hall–Kier alpha value is -1.47. The summed E-state index contributed by atoms with van der Waals surface area (Å²) in [5.74, 6) is -0.997. The third-order valence-electron chi connectivity index (χ3n) is 4.18. The molecule has 7 heteroatoms. The molecule has 0 radical (unpaired) electrons. The van der Waals surface area contributed by atoms with Gasteiger partial charge in [0, 0.05) is 13.1 Å². The largest absolute Gasteiger partial charge is 0.341 e. The second-order valence-electron chi connectivity index (χ2n) is 6.61. The van der Waals surface area contributed by atoms with Gasteiger partial charge in [0.25, 0.3) is 0 Å². The van der Waals surface area contributed by atoms with Crippen molar-refractivity contribution in [3.05, 3.63) is 35.6 Å². The van der Waals surface area contributed by atoms with Crippen LogP contribution in [0.5, 0.6) is 0 Å². The van der Waals surface area contributed by atoms with E-state index in [0.29, 0.717) is 18.7 Å². The molecule has 1 atom stereocenters. The van der Waals surface area contributed by atoms with Crippen LogP contribution in [0.3, 0.4) is 0 Å². The van der Waals surface area contributed by atoms with Crippen LogP contribution in [0.1, 0.15) is 38.7 Å². The summed E-state index contributed by atoms with van der Waals surface area (Å²) in [6, 6.07) is 4.55. The molecule has 1 heterocycles. The fourth-order valence-corrected chi connectivity index (χ4v) is 4.29. The van der Waals surface area contributed by atoms with Gasteiger partial charge < -0.3 is 4.90 Å². The maximum atomic E-state index is 12.9. The van der Waals surface area contributed by atoms with Gasteiger partial charge in [-0.3, -0.25) is 4.79 Å². The van der Waals surface area contributed by atoms with Crippen LogP contribution < -0.4 is 4.72 Å². The Labute approximate surface area is 143 Å². The van der Waals surface area contributed by atoms with E-state index in [1.54, 1.807) is 4.90 Å². The molecular weight excluding hydrogens is 331 g/mol. The van der Waals surface area contributed by atoms with Gasteiger partial charge in [0.2, 0.25) is 15.9 Å². The predicted octanol–water partition coefficient (Wildman–Crippen LogP) is 2.28. The first-order chi connectivity index (χ1) is 11.3. The number of nitrogens with zero attached hydrogens (tertiary/aromatic N) is 1. The highest BCUT2D eigenvalue weighted by Crippen LogP contribution is 2.15. The highest BCUT2D eigenvalue weighted by Gasteiger charge is 2.31. The third kappa shape index (κ3) is 5.27. The molecule has 0 spiro atoms. The Morgan fingerprint density at radius 2 is 1.75 bits per heavy atom. The molecule has 134 valence electrons. The van der Waals surface area contributed by atoms with Gasteiger partial charge in [0.1, 0.15) is 11.9 Å². The van der Waals surface area contributed by atoms with Crippen LogP contribution in [0.15, 0.2) is 24.3 Å². The Morgan fingerprint density at radius 3 is 2.29 bits per heavy atom. The normalized spacial score (nSPS) is 17.1. The van der Waals surface area contributed by atoms with Gasteiger partial charge in [-0.1, -0.05) is 26.0 Å². The maximum absolute atomic E-state index is 12.9. The minimum absolute atomic E-state index is 0.151. The molecular formula is C17H25FN2O3S. The van der Waals surface area contributed by atoms with E-state index in [0.717, 1.165) is 19.3 Å². The van der Waals surface area contributed by atoms with Gasteiger partial charge in [-0.2, -0.15) is 0 Å². The van der Waals surface area contributed by atoms with Crippen LogP contribution in [0.4, 0.5) is 4.39 Å².